The zero-order chi connectivity index (χ0) is 20.9. The van der Waals surface area contributed by atoms with Crippen LogP contribution in [0.4, 0.5) is 5.69 Å². The predicted octanol–water partition coefficient (Wildman–Crippen LogP) is 3.78. The molecule has 0 bridgehead atoms. The van der Waals surface area contributed by atoms with E-state index in [4.69, 9.17) is 5.26 Å². The van der Waals surface area contributed by atoms with Gasteiger partial charge in [-0.25, -0.2) is 0 Å². The van der Waals surface area contributed by atoms with E-state index in [1.165, 1.54) is 11.3 Å². The van der Waals surface area contributed by atoms with Gasteiger partial charge in [-0.05, 0) is 18.2 Å². The Kier molecular flexibility index (Phi) is 5.80. The highest BCUT2D eigenvalue weighted by atomic mass is 16.2. The van der Waals surface area contributed by atoms with Crippen molar-refractivity contribution in [3.05, 3.63) is 65.9 Å². The van der Waals surface area contributed by atoms with E-state index >= 15 is 0 Å². The molecule has 4 rings (SSSR count). The minimum atomic E-state index is -0.130. The molecule has 0 aliphatic carbocycles. The van der Waals surface area contributed by atoms with Gasteiger partial charge in [0, 0.05) is 66.7 Å². The Balaban J connectivity index is 1.40. The summed E-state index contributed by atoms with van der Waals surface area (Å²) in [4.78, 5) is 32.5. The van der Waals surface area contributed by atoms with Crippen LogP contribution in [-0.4, -0.2) is 34.8 Å². The van der Waals surface area contributed by atoms with Crippen LogP contribution in [0.25, 0.3) is 10.9 Å². The molecule has 0 spiro atoms. The summed E-state index contributed by atoms with van der Waals surface area (Å²) >= 11 is 0. The first kappa shape index (κ1) is 19.7. The third-order valence-corrected chi connectivity index (χ3v) is 5.60. The van der Waals surface area contributed by atoms with E-state index in [-0.39, 0.29) is 31.1 Å². The maximum atomic E-state index is 12.8. The molecule has 0 saturated heterocycles. The molecule has 0 radical (unpaired) electrons. The quantitative estimate of drug-likeness (QED) is 0.684. The summed E-state index contributed by atoms with van der Waals surface area (Å²) in [6, 6.07) is 19.5. The fraction of sp³-hybridized carbons (Fsp3) is 0.292. The second kappa shape index (κ2) is 8.83. The molecule has 30 heavy (non-hydrogen) atoms. The summed E-state index contributed by atoms with van der Waals surface area (Å²) in [6.07, 6.45) is 1.36. The number of aromatic amines is 1. The number of para-hydroxylation sites is 2. The molecule has 2 amide bonds. The fourth-order valence-electron chi connectivity index (χ4n) is 4.05. The molecule has 0 fully saturated rings. The molecule has 0 atom stereocenters. The number of hydrogen-bond donors (Lipinski definition) is 1. The maximum absolute atomic E-state index is 12.8. The zero-order valence-electron chi connectivity index (χ0n) is 16.8. The number of aromatic nitrogens is 1. The van der Waals surface area contributed by atoms with Gasteiger partial charge in [0.05, 0.1) is 12.5 Å². The van der Waals surface area contributed by atoms with Crippen molar-refractivity contribution in [3.8, 4) is 6.07 Å². The van der Waals surface area contributed by atoms with Gasteiger partial charge in [0.2, 0.25) is 11.8 Å². The SMILES string of the molecule is N#CCCN(C(=O)CCC(=O)N1CCc2[nH]c3ccccc3c2C1)c1ccccc1. The second-order valence-electron chi connectivity index (χ2n) is 7.48. The van der Waals surface area contributed by atoms with Gasteiger partial charge in [-0.1, -0.05) is 36.4 Å². The molecule has 1 aromatic heterocycles. The number of nitriles is 1. The summed E-state index contributed by atoms with van der Waals surface area (Å²) in [5, 5.41) is 10.1. The van der Waals surface area contributed by atoms with Crippen LogP contribution in [0, 0.1) is 11.3 Å². The number of carbonyl (C=O) groups excluding carboxylic acids is 2. The molecule has 1 aliphatic rings. The van der Waals surface area contributed by atoms with Crippen LogP contribution in [0.15, 0.2) is 54.6 Å². The van der Waals surface area contributed by atoms with E-state index in [1.54, 1.807) is 4.90 Å². The van der Waals surface area contributed by atoms with E-state index in [0.717, 1.165) is 23.0 Å². The number of fused-ring (bicyclic) bond motifs is 3. The van der Waals surface area contributed by atoms with Crippen molar-refractivity contribution >= 4 is 28.4 Å². The van der Waals surface area contributed by atoms with Crippen molar-refractivity contribution in [2.24, 2.45) is 0 Å². The number of anilines is 1. The number of carbonyl (C=O) groups is 2. The van der Waals surface area contributed by atoms with Crippen molar-refractivity contribution in [3.63, 3.8) is 0 Å². The minimum absolute atomic E-state index is 0.00687. The van der Waals surface area contributed by atoms with Gasteiger partial charge in [-0.2, -0.15) is 5.26 Å². The van der Waals surface area contributed by atoms with E-state index in [2.05, 4.69) is 23.2 Å². The van der Waals surface area contributed by atoms with Gasteiger partial charge in [0.25, 0.3) is 0 Å². The topological polar surface area (TPSA) is 80.2 Å². The van der Waals surface area contributed by atoms with Crippen LogP contribution in [0.5, 0.6) is 0 Å². The highest BCUT2D eigenvalue weighted by Crippen LogP contribution is 2.28. The zero-order valence-corrected chi connectivity index (χ0v) is 16.8. The summed E-state index contributed by atoms with van der Waals surface area (Å²) in [5.41, 5.74) is 4.23. The Morgan fingerprint density at radius 1 is 1.07 bits per heavy atom. The van der Waals surface area contributed by atoms with Gasteiger partial charge in [0.15, 0.2) is 0 Å². The number of amides is 2. The number of nitrogens with zero attached hydrogens (tertiary/aromatic N) is 3. The number of H-pyrrole nitrogens is 1. The van der Waals surface area contributed by atoms with E-state index in [9.17, 15) is 9.59 Å². The van der Waals surface area contributed by atoms with Crippen LogP contribution in [-0.2, 0) is 22.6 Å². The van der Waals surface area contributed by atoms with Gasteiger partial charge in [-0.15, -0.1) is 0 Å². The first-order valence-electron chi connectivity index (χ1n) is 10.3. The maximum Gasteiger partial charge on any atom is 0.227 e. The average molecular weight is 400 g/mol. The third-order valence-electron chi connectivity index (χ3n) is 5.60. The van der Waals surface area contributed by atoms with Gasteiger partial charge < -0.3 is 14.8 Å². The first-order valence-corrected chi connectivity index (χ1v) is 10.3. The fourth-order valence-corrected chi connectivity index (χ4v) is 4.05. The summed E-state index contributed by atoms with van der Waals surface area (Å²) < 4.78 is 0. The van der Waals surface area contributed by atoms with Crippen LogP contribution in [0.3, 0.4) is 0 Å². The molecule has 2 heterocycles. The van der Waals surface area contributed by atoms with Gasteiger partial charge in [-0.3, -0.25) is 9.59 Å². The molecular weight excluding hydrogens is 376 g/mol. The Labute approximate surface area is 175 Å². The van der Waals surface area contributed by atoms with Crippen LogP contribution in [0.2, 0.25) is 0 Å². The lowest BCUT2D eigenvalue weighted by atomic mass is 10.0. The Bertz CT molecular complexity index is 1100. The number of rotatable bonds is 6. The lowest BCUT2D eigenvalue weighted by Gasteiger charge is -2.28. The van der Waals surface area contributed by atoms with E-state index < -0.39 is 0 Å². The average Bonchev–Trinajstić information content (AvgIpc) is 3.16. The Hall–Kier alpha value is -3.59. The minimum Gasteiger partial charge on any atom is -0.358 e. The summed E-state index contributed by atoms with van der Waals surface area (Å²) in [6.45, 7) is 1.56. The predicted molar refractivity (Wildman–Crippen MR) is 116 cm³/mol. The number of nitrogens with one attached hydrogen (secondary N) is 1. The van der Waals surface area contributed by atoms with Crippen molar-refractivity contribution in [2.45, 2.75) is 32.2 Å². The molecule has 0 unspecified atom stereocenters. The van der Waals surface area contributed by atoms with Crippen LogP contribution < -0.4 is 4.90 Å². The monoisotopic (exact) mass is 400 g/mol. The second-order valence-corrected chi connectivity index (χ2v) is 7.48. The molecular formula is C24H24N4O2. The number of benzene rings is 2. The van der Waals surface area contributed by atoms with Crippen molar-refractivity contribution < 1.29 is 9.59 Å². The van der Waals surface area contributed by atoms with Gasteiger partial charge >= 0.3 is 0 Å². The molecule has 1 N–H and O–H groups in total. The van der Waals surface area contributed by atoms with E-state index in [1.807, 2.05) is 47.4 Å². The normalized spacial score (nSPS) is 13.0. The van der Waals surface area contributed by atoms with E-state index in [0.29, 0.717) is 19.6 Å². The van der Waals surface area contributed by atoms with Crippen molar-refractivity contribution in [1.29, 1.82) is 5.26 Å². The summed E-state index contributed by atoms with van der Waals surface area (Å²) in [7, 11) is 0. The molecule has 0 saturated carbocycles. The lowest BCUT2D eigenvalue weighted by molar-refractivity contribution is -0.134. The Morgan fingerprint density at radius 3 is 2.63 bits per heavy atom. The van der Waals surface area contributed by atoms with Crippen LogP contribution in [0.1, 0.15) is 30.5 Å². The van der Waals surface area contributed by atoms with Gasteiger partial charge in [0.1, 0.15) is 0 Å². The molecule has 3 aromatic rings. The van der Waals surface area contributed by atoms with Crippen molar-refractivity contribution in [1.82, 2.24) is 9.88 Å². The van der Waals surface area contributed by atoms with Crippen LogP contribution >= 0.6 is 0 Å². The third kappa shape index (κ3) is 4.06. The standard InChI is InChI=1S/C24H24N4O2/c25-14-6-15-28(18-7-2-1-3-8-18)24(30)12-11-23(29)27-16-13-22-20(17-27)19-9-4-5-10-21(19)26-22/h1-5,7-10,26H,6,11-13,15-17H2. The smallest absolute Gasteiger partial charge is 0.227 e. The summed E-state index contributed by atoms with van der Waals surface area (Å²) in [5.74, 6) is -0.137. The first-order chi connectivity index (χ1) is 14.7. The Morgan fingerprint density at radius 2 is 1.83 bits per heavy atom. The highest BCUT2D eigenvalue weighted by molar-refractivity contribution is 5.95. The number of hydrogen-bond acceptors (Lipinski definition) is 3. The molecule has 6 heteroatoms. The highest BCUT2D eigenvalue weighted by Gasteiger charge is 2.25. The molecule has 1 aliphatic heterocycles. The largest absolute Gasteiger partial charge is 0.358 e. The van der Waals surface area contributed by atoms with Crippen molar-refractivity contribution in [2.75, 3.05) is 18.0 Å². The molecule has 6 nitrogen and oxygen atoms in total. The lowest BCUT2D eigenvalue weighted by Crippen LogP contribution is -2.37. The molecule has 2 aromatic carbocycles. The molecule has 152 valence electrons.